The third-order valence-electron chi connectivity index (χ3n) is 2.19. The van der Waals surface area contributed by atoms with E-state index in [2.05, 4.69) is 11.4 Å². The molecule has 15 heavy (non-hydrogen) atoms. The van der Waals surface area contributed by atoms with Crippen molar-refractivity contribution < 1.29 is 4.74 Å². The first kappa shape index (κ1) is 10.9. The monoisotopic (exact) mass is 240 g/mol. The van der Waals surface area contributed by atoms with Crippen molar-refractivity contribution in [3.05, 3.63) is 34.2 Å². The van der Waals surface area contributed by atoms with Crippen LogP contribution in [-0.4, -0.2) is 6.10 Å². The average Bonchev–Trinajstić information content (AvgIpc) is 2.57. The molecule has 1 nitrogen and oxygen atoms in total. The molecular formula is C12H13ClOS. The van der Waals surface area contributed by atoms with Gasteiger partial charge in [-0.3, -0.25) is 0 Å². The van der Waals surface area contributed by atoms with Crippen LogP contribution >= 0.6 is 22.9 Å². The Morgan fingerprint density at radius 2 is 2.20 bits per heavy atom. The second-order valence-electron chi connectivity index (χ2n) is 3.76. The Kier molecular flexibility index (Phi) is 3.29. The van der Waals surface area contributed by atoms with Gasteiger partial charge in [-0.1, -0.05) is 11.6 Å². The Morgan fingerprint density at radius 3 is 2.93 bits per heavy atom. The lowest BCUT2D eigenvalue weighted by molar-refractivity contribution is 0.0666. The van der Waals surface area contributed by atoms with Gasteiger partial charge in [-0.15, -0.1) is 11.3 Å². The molecule has 1 aromatic carbocycles. The van der Waals surface area contributed by atoms with E-state index in [1.54, 1.807) is 11.3 Å². The molecule has 0 radical (unpaired) electrons. The van der Waals surface area contributed by atoms with E-state index in [1.165, 1.54) is 15.6 Å². The topological polar surface area (TPSA) is 9.23 Å². The summed E-state index contributed by atoms with van der Waals surface area (Å²) in [6, 6.07) is 5.99. The maximum atomic E-state index is 5.97. The smallest absolute Gasteiger partial charge is 0.0734 e. The van der Waals surface area contributed by atoms with Crippen molar-refractivity contribution in [3.8, 4) is 0 Å². The number of hydrogen-bond donors (Lipinski definition) is 0. The van der Waals surface area contributed by atoms with Crippen LogP contribution < -0.4 is 0 Å². The minimum atomic E-state index is 0.263. The molecule has 0 aliphatic rings. The Labute approximate surface area is 98.6 Å². The summed E-state index contributed by atoms with van der Waals surface area (Å²) in [5.74, 6) is 0. The lowest BCUT2D eigenvalue weighted by Gasteiger charge is -2.06. The quantitative estimate of drug-likeness (QED) is 0.769. The highest BCUT2D eigenvalue weighted by atomic mass is 35.5. The van der Waals surface area contributed by atoms with Crippen LogP contribution in [0.1, 0.15) is 19.4 Å². The Bertz CT molecular complexity index is 462. The molecule has 0 saturated heterocycles. The van der Waals surface area contributed by atoms with Crippen molar-refractivity contribution in [2.75, 3.05) is 0 Å². The van der Waals surface area contributed by atoms with E-state index in [0.29, 0.717) is 6.61 Å². The number of hydrogen-bond acceptors (Lipinski definition) is 2. The fourth-order valence-electron chi connectivity index (χ4n) is 1.42. The SMILES string of the molecule is CC(C)OCc1csc2ccc(Cl)cc12. The van der Waals surface area contributed by atoms with Crippen LogP contribution in [-0.2, 0) is 11.3 Å². The molecule has 0 amide bonds. The van der Waals surface area contributed by atoms with Crippen LogP contribution in [0.3, 0.4) is 0 Å². The van der Waals surface area contributed by atoms with E-state index in [4.69, 9.17) is 16.3 Å². The van der Waals surface area contributed by atoms with E-state index in [1.807, 2.05) is 26.0 Å². The summed E-state index contributed by atoms with van der Waals surface area (Å²) in [4.78, 5) is 0. The highest BCUT2D eigenvalue weighted by Gasteiger charge is 2.05. The van der Waals surface area contributed by atoms with Crippen molar-refractivity contribution in [1.29, 1.82) is 0 Å². The zero-order valence-electron chi connectivity index (χ0n) is 8.79. The van der Waals surface area contributed by atoms with E-state index in [0.717, 1.165) is 5.02 Å². The first-order valence-electron chi connectivity index (χ1n) is 4.94. The van der Waals surface area contributed by atoms with Crippen LogP contribution in [0.2, 0.25) is 5.02 Å². The lowest BCUT2D eigenvalue weighted by Crippen LogP contribution is -2.01. The predicted molar refractivity (Wildman–Crippen MR) is 66.8 cm³/mol. The molecule has 0 N–H and O–H groups in total. The van der Waals surface area contributed by atoms with Gasteiger partial charge in [0.2, 0.25) is 0 Å². The number of ether oxygens (including phenoxy) is 1. The highest BCUT2D eigenvalue weighted by Crippen LogP contribution is 2.29. The number of fused-ring (bicyclic) bond motifs is 1. The van der Waals surface area contributed by atoms with Gasteiger partial charge in [-0.05, 0) is 48.4 Å². The fraction of sp³-hybridized carbons (Fsp3) is 0.333. The summed E-state index contributed by atoms with van der Waals surface area (Å²) in [7, 11) is 0. The molecule has 3 heteroatoms. The molecule has 2 rings (SSSR count). The zero-order chi connectivity index (χ0) is 10.8. The maximum Gasteiger partial charge on any atom is 0.0734 e. The normalized spacial score (nSPS) is 11.5. The molecule has 2 aromatic rings. The van der Waals surface area contributed by atoms with Gasteiger partial charge in [0.1, 0.15) is 0 Å². The second kappa shape index (κ2) is 4.52. The van der Waals surface area contributed by atoms with Crippen LogP contribution in [0.25, 0.3) is 10.1 Å². The summed E-state index contributed by atoms with van der Waals surface area (Å²) in [5, 5.41) is 4.14. The van der Waals surface area contributed by atoms with Gasteiger partial charge in [0.25, 0.3) is 0 Å². The molecule has 0 aliphatic carbocycles. The van der Waals surface area contributed by atoms with Crippen molar-refractivity contribution in [1.82, 2.24) is 0 Å². The molecular weight excluding hydrogens is 228 g/mol. The van der Waals surface area contributed by atoms with E-state index in [-0.39, 0.29) is 6.10 Å². The van der Waals surface area contributed by atoms with Gasteiger partial charge in [0.05, 0.1) is 12.7 Å². The molecule has 0 saturated carbocycles. The molecule has 1 heterocycles. The van der Waals surface area contributed by atoms with Crippen molar-refractivity contribution in [2.24, 2.45) is 0 Å². The number of thiophene rings is 1. The van der Waals surface area contributed by atoms with Gasteiger partial charge in [-0.25, -0.2) is 0 Å². The largest absolute Gasteiger partial charge is 0.374 e. The zero-order valence-corrected chi connectivity index (χ0v) is 10.4. The molecule has 0 spiro atoms. The molecule has 0 fully saturated rings. The summed E-state index contributed by atoms with van der Waals surface area (Å²) >= 11 is 7.71. The summed E-state index contributed by atoms with van der Waals surface area (Å²) in [5.41, 5.74) is 1.23. The van der Waals surface area contributed by atoms with Crippen molar-refractivity contribution in [2.45, 2.75) is 26.6 Å². The summed E-state index contributed by atoms with van der Waals surface area (Å²) in [6.45, 7) is 4.75. The van der Waals surface area contributed by atoms with Gasteiger partial charge in [0, 0.05) is 9.72 Å². The lowest BCUT2D eigenvalue weighted by atomic mass is 10.2. The van der Waals surface area contributed by atoms with Crippen LogP contribution in [0.4, 0.5) is 0 Å². The first-order valence-corrected chi connectivity index (χ1v) is 6.20. The number of benzene rings is 1. The van der Waals surface area contributed by atoms with Crippen LogP contribution in [0.5, 0.6) is 0 Å². The summed E-state index contributed by atoms with van der Waals surface area (Å²) < 4.78 is 6.86. The first-order chi connectivity index (χ1) is 7.16. The third kappa shape index (κ3) is 2.51. The molecule has 0 atom stereocenters. The highest BCUT2D eigenvalue weighted by molar-refractivity contribution is 7.17. The number of halogens is 1. The number of rotatable bonds is 3. The van der Waals surface area contributed by atoms with E-state index in [9.17, 15) is 0 Å². The van der Waals surface area contributed by atoms with Crippen LogP contribution in [0, 0.1) is 0 Å². The minimum Gasteiger partial charge on any atom is -0.374 e. The second-order valence-corrected chi connectivity index (χ2v) is 5.11. The van der Waals surface area contributed by atoms with E-state index < -0.39 is 0 Å². The van der Waals surface area contributed by atoms with Gasteiger partial charge in [0.15, 0.2) is 0 Å². The third-order valence-corrected chi connectivity index (χ3v) is 3.44. The standard InChI is InChI=1S/C12H13ClOS/c1-8(2)14-6-9-7-15-12-4-3-10(13)5-11(9)12/h3-5,7-8H,6H2,1-2H3. The molecule has 0 bridgehead atoms. The van der Waals surface area contributed by atoms with E-state index >= 15 is 0 Å². The molecule has 0 aliphatic heterocycles. The summed E-state index contributed by atoms with van der Waals surface area (Å²) in [6.07, 6.45) is 0.263. The molecule has 0 unspecified atom stereocenters. The fourth-order valence-corrected chi connectivity index (χ4v) is 2.52. The van der Waals surface area contributed by atoms with Crippen LogP contribution in [0.15, 0.2) is 23.6 Å². The Morgan fingerprint density at radius 1 is 1.40 bits per heavy atom. The predicted octanol–water partition coefficient (Wildman–Crippen LogP) is 4.48. The molecule has 1 aromatic heterocycles. The minimum absolute atomic E-state index is 0.263. The average molecular weight is 241 g/mol. The van der Waals surface area contributed by atoms with Gasteiger partial charge < -0.3 is 4.74 Å². The molecule has 80 valence electrons. The van der Waals surface area contributed by atoms with Gasteiger partial charge in [-0.2, -0.15) is 0 Å². The Hall–Kier alpha value is -0.570. The van der Waals surface area contributed by atoms with Crippen molar-refractivity contribution >= 4 is 33.0 Å². The maximum absolute atomic E-state index is 5.97. The van der Waals surface area contributed by atoms with Gasteiger partial charge >= 0.3 is 0 Å². The Balaban J connectivity index is 2.31. The van der Waals surface area contributed by atoms with Crippen molar-refractivity contribution in [3.63, 3.8) is 0 Å².